The number of aliphatic hydroxyl groups is 1. The SMILES string of the molecule is O=C(NC[C@]1(CO)C[C@H]1c1ccccc1)OCc1ccccc1. The van der Waals surface area contributed by atoms with E-state index in [9.17, 15) is 9.90 Å². The van der Waals surface area contributed by atoms with Crippen LogP contribution in [0.5, 0.6) is 0 Å². The van der Waals surface area contributed by atoms with Gasteiger partial charge in [-0.15, -0.1) is 0 Å². The summed E-state index contributed by atoms with van der Waals surface area (Å²) >= 11 is 0. The summed E-state index contributed by atoms with van der Waals surface area (Å²) in [6.07, 6.45) is 0.437. The molecular weight excluding hydrogens is 290 g/mol. The summed E-state index contributed by atoms with van der Waals surface area (Å²) in [5, 5.41) is 12.5. The second kappa shape index (κ2) is 6.84. The molecule has 0 saturated heterocycles. The number of amides is 1. The Bertz CT molecular complexity index is 644. The smallest absolute Gasteiger partial charge is 0.407 e. The van der Waals surface area contributed by atoms with Crippen molar-refractivity contribution in [3.8, 4) is 0 Å². The molecule has 120 valence electrons. The van der Waals surface area contributed by atoms with Gasteiger partial charge in [0.15, 0.2) is 0 Å². The van der Waals surface area contributed by atoms with Crippen molar-refractivity contribution in [3.63, 3.8) is 0 Å². The molecule has 1 aliphatic carbocycles. The minimum absolute atomic E-state index is 0.0610. The van der Waals surface area contributed by atoms with E-state index in [1.165, 1.54) is 5.56 Å². The molecule has 0 radical (unpaired) electrons. The van der Waals surface area contributed by atoms with Gasteiger partial charge in [0.1, 0.15) is 6.61 Å². The third-order valence-corrected chi connectivity index (χ3v) is 4.50. The van der Waals surface area contributed by atoms with Crippen LogP contribution < -0.4 is 5.32 Å². The highest BCUT2D eigenvalue weighted by Crippen LogP contribution is 2.58. The Hall–Kier alpha value is -2.33. The number of nitrogens with one attached hydrogen (secondary N) is 1. The Labute approximate surface area is 136 Å². The van der Waals surface area contributed by atoms with E-state index >= 15 is 0 Å². The van der Waals surface area contributed by atoms with E-state index in [1.807, 2.05) is 48.5 Å². The molecule has 4 heteroatoms. The lowest BCUT2D eigenvalue weighted by atomic mass is 10.00. The molecule has 3 rings (SSSR count). The molecule has 2 aromatic rings. The van der Waals surface area contributed by atoms with Gasteiger partial charge in [-0.3, -0.25) is 0 Å². The number of aliphatic hydroxyl groups excluding tert-OH is 1. The Morgan fingerprint density at radius 1 is 1.13 bits per heavy atom. The lowest BCUT2D eigenvalue weighted by Gasteiger charge is -2.15. The monoisotopic (exact) mass is 311 g/mol. The summed E-state index contributed by atoms with van der Waals surface area (Å²) in [4.78, 5) is 11.8. The lowest BCUT2D eigenvalue weighted by molar-refractivity contribution is 0.133. The molecule has 23 heavy (non-hydrogen) atoms. The molecule has 0 aliphatic heterocycles. The van der Waals surface area contributed by atoms with Gasteiger partial charge in [0.25, 0.3) is 0 Å². The summed E-state index contributed by atoms with van der Waals surface area (Å²) in [7, 11) is 0. The van der Waals surface area contributed by atoms with Crippen molar-refractivity contribution in [2.75, 3.05) is 13.2 Å². The van der Waals surface area contributed by atoms with Gasteiger partial charge in [0.05, 0.1) is 6.61 Å². The predicted octanol–water partition coefficient (Wildman–Crippen LogP) is 3.08. The van der Waals surface area contributed by atoms with Crippen LogP contribution in [0.2, 0.25) is 0 Å². The molecule has 2 atom stereocenters. The fourth-order valence-electron chi connectivity index (χ4n) is 2.95. The van der Waals surface area contributed by atoms with Gasteiger partial charge < -0.3 is 15.2 Å². The molecule has 0 bridgehead atoms. The number of ether oxygens (including phenoxy) is 1. The van der Waals surface area contributed by atoms with Crippen molar-refractivity contribution in [1.82, 2.24) is 5.32 Å². The van der Waals surface area contributed by atoms with Crippen LogP contribution in [-0.2, 0) is 11.3 Å². The van der Waals surface area contributed by atoms with Crippen LogP contribution in [0.25, 0.3) is 0 Å². The average molecular weight is 311 g/mol. The molecule has 4 nitrogen and oxygen atoms in total. The van der Waals surface area contributed by atoms with Crippen LogP contribution >= 0.6 is 0 Å². The zero-order valence-corrected chi connectivity index (χ0v) is 12.9. The van der Waals surface area contributed by atoms with Crippen molar-refractivity contribution in [3.05, 3.63) is 71.8 Å². The van der Waals surface area contributed by atoms with Gasteiger partial charge in [-0.2, -0.15) is 0 Å². The number of carbonyl (C=O) groups excluding carboxylic acids is 1. The third-order valence-electron chi connectivity index (χ3n) is 4.50. The van der Waals surface area contributed by atoms with Crippen LogP contribution in [0.15, 0.2) is 60.7 Å². The Morgan fingerprint density at radius 2 is 1.78 bits per heavy atom. The summed E-state index contributed by atoms with van der Waals surface area (Å²) in [6, 6.07) is 19.7. The van der Waals surface area contributed by atoms with E-state index in [2.05, 4.69) is 17.4 Å². The molecular formula is C19H21NO3. The quantitative estimate of drug-likeness (QED) is 0.862. The summed E-state index contributed by atoms with van der Waals surface area (Å²) < 4.78 is 5.21. The first-order chi connectivity index (χ1) is 11.2. The largest absolute Gasteiger partial charge is 0.445 e. The third kappa shape index (κ3) is 3.71. The minimum atomic E-state index is -0.444. The summed E-state index contributed by atoms with van der Waals surface area (Å²) in [5.41, 5.74) is 1.90. The van der Waals surface area contributed by atoms with E-state index in [1.54, 1.807) is 0 Å². The first-order valence-corrected chi connectivity index (χ1v) is 7.84. The van der Waals surface area contributed by atoms with Gasteiger partial charge in [-0.1, -0.05) is 60.7 Å². The van der Waals surface area contributed by atoms with Crippen molar-refractivity contribution < 1.29 is 14.6 Å². The average Bonchev–Trinajstić information content (AvgIpc) is 3.35. The highest BCUT2D eigenvalue weighted by molar-refractivity contribution is 5.67. The Morgan fingerprint density at radius 3 is 2.43 bits per heavy atom. The van der Waals surface area contributed by atoms with Gasteiger partial charge in [0, 0.05) is 12.0 Å². The zero-order chi connectivity index (χ0) is 16.1. The fraction of sp³-hybridized carbons (Fsp3) is 0.316. The maximum absolute atomic E-state index is 11.8. The van der Waals surface area contributed by atoms with Gasteiger partial charge in [0.2, 0.25) is 0 Å². The molecule has 2 N–H and O–H groups in total. The van der Waals surface area contributed by atoms with Gasteiger partial charge >= 0.3 is 6.09 Å². The first-order valence-electron chi connectivity index (χ1n) is 7.84. The van der Waals surface area contributed by atoms with Gasteiger partial charge in [-0.25, -0.2) is 4.79 Å². The molecule has 1 amide bonds. The zero-order valence-electron chi connectivity index (χ0n) is 12.9. The highest BCUT2D eigenvalue weighted by atomic mass is 16.5. The van der Waals surface area contributed by atoms with E-state index in [0.29, 0.717) is 12.5 Å². The molecule has 0 aromatic heterocycles. The van der Waals surface area contributed by atoms with Crippen LogP contribution in [0.4, 0.5) is 4.79 Å². The molecule has 0 unspecified atom stereocenters. The fourth-order valence-corrected chi connectivity index (χ4v) is 2.95. The Balaban J connectivity index is 1.48. The van der Waals surface area contributed by atoms with Crippen molar-refractivity contribution in [2.45, 2.75) is 18.9 Å². The first kappa shape index (κ1) is 15.6. The second-order valence-corrected chi connectivity index (χ2v) is 6.10. The van der Waals surface area contributed by atoms with Crippen molar-refractivity contribution >= 4 is 6.09 Å². The second-order valence-electron chi connectivity index (χ2n) is 6.10. The molecule has 0 heterocycles. The molecule has 1 saturated carbocycles. The molecule has 1 fully saturated rings. The number of carbonyl (C=O) groups is 1. The molecule has 2 aromatic carbocycles. The van der Waals surface area contributed by atoms with E-state index in [4.69, 9.17) is 4.74 Å². The van der Waals surface area contributed by atoms with Crippen LogP contribution in [0.1, 0.15) is 23.5 Å². The van der Waals surface area contributed by atoms with Crippen LogP contribution in [-0.4, -0.2) is 24.4 Å². The number of hydrogen-bond acceptors (Lipinski definition) is 3. The number of benzene rings is 2. The predicted molar refractivity (Wildman–Crippen MR) is 87.9 cm³/mol. The maximum Gasteiger partial charge on any atom is 0.407 e. The number of hydrogen-bond donors (Lipinski definition) is 2. The highest BCUT2D eigenvalue weighted by Gasteiger charge is 2.54. The van der Waals surface area contributed by atoms with Crippen molar-refractivity contribution in [2.24, 2.45) is 5.41 Å². The Kier molecular flexibility index (Phi) is 4.63. The molecule has 1 aliphatic rings. The summed E-state index contributed by atoms with van der Waals surface area (Å²) in [5.74, 6) is 0.295. The normalized spacial score (nSPS) is 22.4. The van der Waals surface area contributed by atoms with Crippen molar-refractivity contribution in [1.29, 1.82) is 0 Å². The lowest BCUT2D eigenvalue weighted by Crippen LogP contribution is -2.33. The maximum atomic E-state index is 11.8. The minimum Gasteiger partial charge on any atom is -0.445 e. The summed E-state index contributed by atoms with van der Waals surface area (Å²) in [6.45, 7) is 0.739. The van der Waals surface area contributed by atoms with Crippen LogP contribution in [0.3, 0.4) is 0 Å². The van der Waals surface area contributed by atoms with E-state index in [-0.39, 0.29) is 18.6 Å². The van der Waals surface area contributed by atoms with Gasteiger partial charge in [-0.05, 0) is 23.5 Å². The number of alkyl carbamates (subject to hydrolysis) is 1. The molecule has 0 spiro atoms. The number of rotatable bonds is 6. The van der Waals surface area contributed by atoms with E-state index < -0.39 is 6.09 Å². The van der Waals surface area contributed by atoms with Crippen LogP contribution in [0, 0.1) is 5.41 Å². The topological polar surface area (TPSA) is 58.6 Å². The standard InChI is InChI=1S/C19H21NO3/c21-14-19(11-17(19)16-9-5-2-6-10-16)13-20-18(22)23-12-15-7-3-1-4-8-15/h1-10,17,21H,11-14H2,(H,20,22)/t17-,19-/m0/s1. The van der Waals surface area contributed by atoms with E-state index in [0.717, 1.165) is 12.0 Å².